The molecule has 0 spiro atoms. The summed E-state index contributed by atoms with van der Waals surface area (Å²) in [5.74, 6) is -16.6. The van der Waals surface area contributed by atoms with Gasteiger partial charge in [-0.15, -0.1) is 0 Å². The van der Waals surface area contributed by atoms with Crippen molar-refractivity contribution < 1.29 is 131 Å². The molecule has 0 amide bonds. The predicted molar refractivity (Wildman–Crippen MR) is 327 cm³/mol. The van der Waals surface area contributed by atoms with Gasteiger partial charge in [0.15, 0.2) is 0 Å². The molecule has 21 unspecified atom stereocenters. The van der Waals surface area contributed by atoms with E-state index in [-0.39, 0.29) is 157 Å². The lowest BCUT2D eigenvalue weighted by Gasteiger charge is -2.65. The fraction of sp³-hybridized carbons (Fsp3) is 0.877. The van der Waals surface area contributed by atoms with Gasteiger partial charge in [0.1, 0.15) is 73.2 Å². The second-order valence-corrected chi connectivity index (χ2v) is 35.3. The Kier molecular flexibility index (Phi) is 16.3. The molecule has 21 aliphatic rings. The summed E-state index contributed by atoms with van der Waals surface area (Å²) in [4.78, 5) is 110. The molecule has 21 atom stereocenters. The van der Waals surface area contributed by atoms with Crippen LogP contribution < -0.4 is 0 Å². The van der Waals surface area contributed by atoms with Crippen LogP contribution >= 0.6 is 0 Å². The molecule has 18 aliphatic carbocycles. The van der Waals surface area contributed by atoms with E-state index in [1.54, 1.807) is 13.8 Å². The second-order valence-electron chi connectivity index (χ2n) is 35.3. The first kappa shape index (κ1) is 70.0. The van der Waals surface area contributed by atoms with Crippen LogP contribution in [-0.2, 0) is 100.0 Å². The molecular weight excluding hydrogens is 1340 g/mol. The highest BCUT2D eigenvalue weighted by Gasteiger charge is 2.72. The summed E-state index contributed by atoms with van der Waals surface area (Å²) in [6.45, 7) is 6.31. The SMILES string of the molecule is CC(F)(F)C(=O)OC1(C)C2CC3(O)CC1CC(OCC(=O)OC1C4CC5C(=O)OC1C5C4)(C2)C3.CC(F)(F)C(=O)OC1(C)C2CC3CC1CC(OCC(=O)OC1C4CC5C(=O)OC1C5C4)(C3)C2.CCC1(OC(=O)C(C)(F)F)C2CC3CC1CC(OCC(=O)OC1C4CC5C(=O)OC1C5C4)(C3)C2. The zero-order chi connectivity index (χ0) is 71.6. The van der Waals surface area contributed by atoms with Crippen molar-refractivity contribution in [2.45, 2.75) is 276 Å². The standard InChI is InChI=1S/C25H32F2O7.C24H30F2O8.C24H30F2O7/c1-3-25(34-22(30)23(2,26)27)14-4-12-5-15(25)10-24(8-12,9-14)31-11-18(28)32-19-13-6-16-17(7-13)21(29)33-20(16)19;1-21(34-20(29)22(2,25)26)12-5-23(30)6-13(21)8-24(7-12,10-23)31-9-16(27)32-17-11-3-14-15(4-11)19(28)33-18(14)17;1-22(33-21(29)23(2,25)26)13-3-11-4-14(22)9-24(7-11,8-13)30-10-17(27)31-18-12-5-15-16(6-12)20(28)32-19(15)18/h12-17,19-20H,3-11H2,1-2H3;11-15,17-18,30H,3-10H2,1-2H3;11-16,18-19H,3-10H2,1-2H3. The maximum absolute atomic E-state index is 13.6. The lowest BCUT2D eigenvalue weighted by Crippen LogP contribution is -2.70. The zero-order valence-electron chi connectivity index (χ0n) is 57.7. The second kappa shape index (κ2) is 23.6. The number of rotatable bonds is 19. The third kappa shape index (κ3) is 11.6. The number of esters is 9. The lowest BCUT2D eigenvalue weighted by molar-refractivity contribution is -0.288. The molecule has 18 bridgehead atoms. The average molecular weight is 1440 g/mol. The average Bonchev–Trinajstić information content (AvgIpc) is 1.70. The molecule has 0 radical (unpaired) electrons. The Morgan fingerprint density at radius 3 is 1.11 bits per heavy atom. The predicted octanol–water partition coefficient (Wildman–Crippen LogP) is 8.60. The van der Waals surface area contributed by atoms with Crippen molar-refractivity contribution in [2.24, 2.45) is 101 Å². The summed E-state index contributed by atoms with van der Waals surface area (Å²) in [7, 11) is 0. The van der Waals surface area contributed by atoms with Crippen molar-refractivity contribution in [2.75, 3.05) is 19.8 Å². The van der Waals surface area contributed by atoms with Gasteiger partial charge in [-0.25, -0.2) is 28.8 Å². The minimum atomic E-state index is -3.60. The number of alkyl halides is 6. The molecule has 3 aliphatic heterocycles. The summed E-state index contributed by atoms with van der Waals surface area (Å²) in [6, 6.07) is 0. The number of carbonyl (C=O) groups excluding carboxylic acids is 9. The Morgan fingerprint density at radius 2 is 0.752 bits per heavy atom. The molecule has 101 heavy (non-hydrogen) atoms. The van der Waals surface area contributed by atoms with Crippen molar-refractivity contribution in [1.82, 2.24) is 0 Å². The largest absolute Gasteiger partial charge is 0.458 e. The van der Waals surface area contributed by atoms with Crippen LogP contribution in [0.15, 0.2) is 0 Å². The van der Waals surface area contributed by atoms with Crippen LogP contribution in [0.2, 0.25) is 0 Å². The fourth-order valence-corrected chi connectivity index (χ4v) is 25.2. The molecule has 1 N–H and O–H groups in total. The summed E-state index contributed by atoms with van der Waals surface area (Å²) in [5.41, 5.74) is -5.85. The molecular formula is C73H92F6O22. The van der Waals surface area contributed by atoms with Crippen molar-refractivity contribution in [3.05, 3.63) is 0 Å². The maximum atomic E-state index is 13.6. The van der Waals surface area contributed by atoms with Gasteiger partial charge in [-0.1, -0.05) is 6.92 Å². The van der Waals surface area contributed by atoms with E-state index in [0.717, 1.165) is 70.6 Å². The zero-order valence-corrected chi connectivity index (χ0v) is 57.7. The van der Waals surface area contributed by atoms with Crippen molar-refractivity contribution in [1.29, 1.82) is 0 Å². The van der Waals surface area contributed by atoms with Gasteiger partial charge >= 0.3 is 71.5 Å². The van der Waals surface area contributed by atoms with Crippen LogP contribution in [0.5, 0.6) is 0 Å². The Labute approximate surface area is 580 Å². The van der Waals surface area contributed by atoms with Crippen LogP contribution in [0.3, 0.4) is 0 Å². The minimum Gasteiger partial charge on any atom is -0.458 e. The highest BCUT2D eigenvalue weighted by atomic mass is 19.3. The van der Waals surface area contributed by atoms with Gasteiger partial charge in [0.05, 0.1) is 40.2 Å². The van der Waals surface area contributed by atoms with Crippen LogP contribution in [0.25, 0.3) is 0 Å². The topological polar surface area (TPSA) is 285 Å². The van der Waals surface area contributed by atoms with E-state index in [1.165, 1.54) is 0 Å². The summed E-state index contributed by atoms with van der Waals surface area (Å²) in [5, 5.41) is 11.1. The van der Waals surface area contributed by atoms with Crippen LogP contribution in [0.4, 0.5) is 26.3 Å². The molecule has 18 saturated carbocycles. The van der Waals surface area contributed by atoms with E-state index in [2.05, 4.69) is 0 Å². The molecule has 0 aromatic heterocycles. The number of fused-ring (bicyclic) bond motifs is 3. The smallest absolute Gasteiger partial charge is 0.377 e. The van der Waals surface area contributed by atoms with Crippen molar-refractivity contribution >= 4 is 53.7 Å². The van der Waals surface area contributed by atoms with Crippen LogP contribution in [0.1, 0.15) is 183 Å². The van der Waals surface area contributed by atoms with E-state index in [9.17, 15) is 74.6 Å². The third-order valence-electron chi connectivity index (χ3n) is 29.1. The molecule has 3 saturated heterocycles. The van der Waals surface area contributed by atoms with E-state index >= 15 is 0 Å². The van der Waals surface area contributed by atoms with Gasteiger partial charge in [-0.05, 0) is 161 Å². The summed E-state index contributed by atoms with van der Waals surface area (Å²) >= 11 is 0. The molecule has 3 heterocycles. The minimum absolute atomic E-state index is 0.0331. The number of ether oxygens (including phenoxy) is 12. The number of hydrogen-bond acceptors (Lipinski definition) is 22. The molecule has 0 aromatic rings. The van der Waals surface area contributed by atoms with E-state index < -0.39 is 98.9 Å². The maximum Gasteiger partial charge on any atom is 0.377 e. The summed E-state index contributed by atoms with van der Waals surface area (Å²) in [6.07, 6.45) is 12.0. The Hall–Kier alpha value is -5.35. The highest BCUT2D eigenvalue weighted by Crippen LogP contribution is 2.67. The van der Waals surface area contributed by atoms with Gasteiger partial charge < -0.3 is 61.9 Å². The van der Waals surface area contributed by atoms with Gasteiger partial charge in [0.2, 0.25) is 0 Å². The molecule has 21 fully saturated rings. The van der Waals surface area contributed by atoms with Gasteiger partial charge in [0, 0.05) is 98.2 Å². The Bertz CT molecular complexity index is 3400. The monoisotopic (exact) mass is 1430 g/mol. The van der Waals surface area contributed by atoms with E-state index in [0.29, 0.717) is 103 Å². The molecule has 22 nitrogen and oxygen atoms in total. The van der Waals surface area contributed by atoms with Crippen molar-refractivity contribution in [3.8, 4) is 0 Å². The van der Waals surface area contributed by atoms with E-state index in [4.69, 9.17) is 56.8 Å². The first-order chi connectivity index (χ1) is 47.3. The molecule has 28 heteroatoms. The molecule has 558 valence electrons. The highest BCUT2D eigenvalue weighted by molar-refractivity contribution is 5.80. The van der Waals surface area contributed by atoms with Gasteiger partial charge in [-0.2, -0.15) is 26.3 Å². The van der Waals surface area contributed by atoms with Crippen LogP contribution in [-0.4, -0.2) is 172 Å². The van der Waals surface area contributed by atoms with Crippen molar-refractivity contribution in [3.63, 3.8) is 0 Å². The van der Waals surface area contributed by atoms with Crippen LogP contribution in [0, 0.1) is 101 Å². The molecule has 0 aromatic carbocycles. The number of hydrogen-bond donors (Lipinski definition) is 1. The molecule has 21 rings (SSSR count). The third-order valence-corrected chi connectivity index (χ3v) is 29.1. The fourth-order valence-electron chi connectivity index (χ4n) is 25.2. The normalized spacial score (nSPS) is 48.8. The Balaban J connectivity index is 0.000000118. The number of carbonyl (C=O) groups is 9. The summed E-state index contributed by atoms with van der Waals surface area (Å²) < 4.78 is 150. The number of halogens is 6. The first-order valence-corrected chi connectivity index (χ1v) is 37.0. The first-order valence-electron chi connectivity index (χ1n) is 37.0. The number of aliphatic hydroxyl groups is 1. The van der Waals surface area contributed by atoms with Gasteiger partial charge in [-0.3, -0.25) is 14.4 Å². The lowest BCUT2D eigenvalue weighted by atomic mass is 9.47. The van der Waals surface area contributed by atoms with Gasteiger partial charge in [0.25, 0.3) is 0 Å². The quantitative estimate of drug-likeness (QED) is 0.0719. The van der Waals surface area contributed by atoms with E-state index in [1.807, 2.05) is 6.92 Å². The Morgan fingerprint density at radius 1 is 0.436 bits per heavy atom.